The first-order chi connectivity index (χ1) is 8.67. The zero-order valence-electron chi connectivity index (χ0n) is 10.2. The van der Waals surface area contributed by atoms with Crippen LogP contribution in [0.2, 0.25) is 0 Å². The van der Waals surface area contributed by atoms with Crippen molar-refractivity contribution in [2.24, 2.45) is 7.05 Å². The molecule has 5 heteroatoms. The van der Waals surface area contributed by atoms with Gasteiger partial charge in [-0.15, -0.1) is 0 Å². The molecule has 0 amide bonds. The number of carbonyl (C=O) groups excluding carboxylic acids is 1. The third-order valence-corrected chi connectivity index (χ3v) is 3.30. The van der Waals surface area contributed by atoms with Gasteiger partial charge in [-0.05, 0) is 12.1 Å². The van der Waals surface area contributed by atoms with E-state index in [-0.39, 0.29) is 5.97 Å². The van der Waals surface area contributed by atoms with Gasteiger partial charge in [0.25, 0.3) is 0 Å². The predicted molar refractivity (Wildman–Crippen MR) is 72.6 cm³/mol. The standard InChI is InChI=1S/C13H13BrN2O2/c1-16-9(8-14)7-12(15-16)10-5-3-4-6-11(10)13(17)18-2/h3-7H,8H2,1-2H3. The van der Waals surface area contributed by atoms with Crippen LogP contribution in [0.15, 0.2) is 30.3 Å². The number of methoxy groups -OCH3 is 1. The molecule has 1 heterocycles. The van der Waals surface area contributed by atoms with Crippen molar-refractivity contribution in [3.8, 4) is 11.3 Å². The van der Waals surface area contributed by atoms with Crippen LogP contribution in [0, 0.1) is 0 Å². The third-order valence-electron chi connectivity index (χ3n) is 2.72. The number of aryl methyl sites for hydroxylation is 1. The SMILES string of the molecule is COC(=O)c1ccccc1-c1cc(CBr)n(C)n1. The van der Waals surface area contributed by atoms with E-state index in [9.17, 15) is 4.79 Å². The lowest BCUT2D eigenvalue weighted by atomic mass is 10.0. The zero-order valence-corrected chi connectivity index (χ0v) is 11.8. The second-order valence-corrected chi connectivity index (χ2v) is 4.38. The Balaban J connectivity index is 2.53. The Morgan fingerprint density at radius 2 is 2.17 bits per heavy atom. The van der Waals surface area contributed by atoms with Crippen LogP contribution >= 0.6 is 15.9 Å². The molecule has 0 bridgehead atoms. The van der Waals surface area contributed by atoms with E-state index in [1.165, 1.54) is 7.11 Å². The fourth-order valence-corrected chi connectivity index (χ4v) is 2.28. The highest BCUT2D eigenvalue weighted by Crippen LogP contribution is 2.24. The highest BCUT2D eigenvalue weighted by molar-refractivity contribution is 9.08. The quantitative estimate of drug-likeness (QED) is 0.647. The average molecular weight is 309 g/mol. The number of rotatable bonds is 3. The van der Waals surface area contributed by atoms with Crippen LogP contribution in [-0.2, 0) is 17.1 Å². The van der Waals surface area contributed by atoms with Gasteiger partial charge in [0.05, 0.1) is 18.4 Å². The zero-order chi connectivity index (χ0) is 13.1. The summed E-state index contributed by atoms with van der Waals surface area (Å²) in [6.07, 6.45) is 0. The molecule has 2 rings (SSSR count). The summed E-state index contributed by atoms with van der Waals surface area (Å²) in [6.45, 7) is 0. The number of ether oxygens (including phenoxy) is 1. The number of aromatic nitrogens is 2. The molecule has 0 N–H and O–H groups in total. The van der Waals surface area contributed by atoms with Crippen LogP contribution in [0.25, 0.3) is 11.3 Å². The van der Waals surface area contributed by atoms with E-state index in [1.54, 1.807) is 10.7 Å². The Morgan fingerprint density at radius 1 is 1.44 bits per heavy atom. The second-order valence-electron chi connectivity index (χ2n) is 3.82. The van der Waals surface area contributed by atoms with Crippen LogP contribution in [0.4, 0.5) is 0 Å². The van der Waals surface area contributed by atoms with Gasteiger partial charge in [0.1, 0.15) is 0 Å². The normalized spacial score (nSPS) is 10.4. The summed E-state index contributed by atoms with van der Waals surface area (Å²) in [7, 11) is 3.25. The maximum atomic E-state index is 11.7. The number of hydrogen-bond acceptors (Lipinski definition) is 3. The van der Waals surface area contributed by atoms with Crippen molar-refractivity contribution in [1.29, 1.82) is 0 Å². The fourth-order valence-electron chi connectivity index (χ4n) is 1.76. The minimum absolute atomic E-state index is 0.350. The Hall–Kier alpha value is -1.62. The molecule has 94 valence electrons. The number of esters is 1. The van der Waals surface area contributed by atoms with Crippen LogP contribution < -0.4 is 0 Å². The van der Waals surface area contributed by atoms with Gasteiger partial charge in [-0.25, -0.2) is 4.79 Å². The van der Waals surface area contributed by atoms with Crippen molar-refractivity contribution in [3.63, 3.8) is 0 Å². The lowest BCUT2D eigenvalue weighted by molar-refractivity contribution is 0.0601. The minimum Gasteiger partial charge on any atom is -0.465 e. The maximum Gasteiger partial charge on any atom is 0.338 e. The van der Waals surface area contributed by atoms with Gasteiger partial charge in [-0.2, -0.15) is 5.10 Å². The van der Waals surface area contributed by atoms with E-state index < -0.39 is 0 Å². The molecule has 0 unspecified atom stereocenters. The van der Waals surface area contributed by atoms with Crippen molar-refractivity contribution in [3.05, 3.63) is 41.6 Å². The summed E-state index contributed by atoms with van der Waals surface area (Å²) in [5.74, 6) is -0.350. The summed E-state index contributed by atoms with van der Waals surface area (Å²) in [5, 5.41) is 5.13. The van der Waals surface area contributed by atoms with Crippen LogP contribution in [-0.4, -0.2) is 22.9 Å². The molecule has 0 fully saturated rings. The van der Waals surface area contributed by atoms with Crippen LogP contribution in [0.3, 0.4) is 0 Å². The highest BCUT2D eigenvalue weighted by Gasteiger charge is 2.15. The van der Waals surface area contributed by atoms with Crippen LogP contribution in [0.1, 0.15) is 16.1 Å². The summed E-state index contributed by atoms with van der Waals surface area (Å²) in [5.41, 5.74) is 3.13. The molecule has 18 heavy (non-hydrogen) atoms. The monoisotopic (exact) mass is 308 g/mol. The van der Waals surface area contributed by atoms with Crippen molar-refractivity contribution < 1.29 is 9.53 Å². The van der Waals surface area contributed by atoms with Gasteiger partial charge in [-0.1, -0.05) is 34.1 Å². The van der Waals surface area contributed by atoms with E-state index in [0.717, 1.165) is 22.3 Å². The first-order valence-electron chi connectivity index (χ1n) is 5.44. The van der Waals surface area contributed by atoms with Crippen molar-refractivity contribution >= 4 is 21.9 Å². The van der Waals surface area contributed by atoms with E-state index in [2.05, 4.69) is 21.0 Å². The van der Waals surface area contributed by atoms with Crippen LogP contribution in [0.5, 0.6) is 0 Å². The molecule has 0 saturated carbocycles. The molecule has 0 spiro atoms. The molecule has 0 saturated heterocycles. The molecule has 0 aliphatic rings. The van der Waals surface area contributed by atoms with Crippen molar-refractivity contribution in [1.82, 2.24) is 9.78 Å². The molecular formula is C13H13BrN2O2. The Labute approximate surface area is 114 Å². The number of nitrogens with zero attached hydrogens (tertiary/aromatic N) is 2. The molecule has 4 nitrogen and oxygen atoms in total. The molecule has 0 radical (unpaired) electrons. The summed E-state index contributed by atoms with van der Waals surface area (Å²) >= 11 is 3.40. The first-order valence-corrected chi connectivity index (χ1v) is 6.56. The van der Waals surface area contributed by atoms with E-state index in [4.69, 9.17) is 4.74 Å². The Kier molecular flexibility index (Phi) is 3.81. The number of carbonyl (C=O) groups is 1. The second kappa shape index (κ2) is 5.35. The highest BCUT2D eigenvalue weighted by atomic mass is 79.9. The van der Waals surface area contributed by atoms with E-state index >= 15 is 0 Å². The van der Waals surface area contributed by atoms with Gasteiger partial charge in [0, 0.05) is 23.6 Å². The number of alkyl halides is 1. The summed E-state index contributed by atoms with van der Waals surface area (Å²) in [6, 6.07) is 9.25. The van der Waals surface area contributed by atoms with Gasteiger partial charge < -0.3 is 4.74 Å². The maximum absolute atomic E-state index is 11.7. The van der Waals surface area contributed by atoms with Gasteiger partial charge in [0.15, 0.2) is 0 Å². The lowest BCUT2D eigenvalue weighted by Crippen LogP contribution is -2.03. The molecular weight excluding hydrogens is 296 g/mol. The number of halogens is 1. The number of hydrogen-bond donors (Lipinski definition) is 0. The summed E-state index contributed by atoms with van der Waals surface area (Å²) < 4.78 is 6.57. The topological polar surface area (TPSA) is 44.1 Å². The first kappa shape index (κ1) is 12.8. The van der Waals surface area contributed by atoms with Gasteiger partial charge in [0.2, 0.25) is 0 Å². The molecule has 0 atom stereocenters. The van der Waals surface area contributed by atoms with Crippen molar-refractivity contribution in [2.75, 3.05) is 7.11 Å². The largest absolute Gasteiger partial charge is 0.465 e. The Morgan fingerprint density at radius 3 is 2.78 bits per heavy atom. The number of benzene rings is 1. The summed E-state index contributed by atoms with van der Waals surface area (Å²) in [4.78, 5) is 11.7. The molecule has 1 aromatic carbocycles. The fraction of sp³-hybridized carbons (Fsp3) is 0.231. The average Bonchev–Trinajstić information content (AvgIpc) is 2.79. The smallest absolute Gasteiger partial charge is 0.338 e. The Bertz CT molecular complexity index is 578. The van der Waals surface area contributed by atoms with Gasteiger partial charge in [-0.3, -0.25) is 4.68 Å². The molecule has 0 aliphatic heterocycles. The molecule has 1 aromatic heterocycles. The predicted octanol–water partition coefficient (Wildman–Crippen LogP) is 2.77. The minimum atomic E-state index is -0.350. The van der Waals surface area contributed by atoms with E-state index in [0.29, 0.717) is 5.56 Å². The molecule has 0 aliphatic carbocycles. The van der Waals surface area contributed by atoms with Crippen molar-refractivity contribution in [2.45, 2.75) is 5.33 Å². The molecule has 2 aromatic rings. The third kappa shape index (κ3) is 2.31. The lowest BCUT2D eigenvalue weighted by Gasteiger charge is -2.04. The van der Waals surface area contributed by atoms with E-state index in [1.807, 2.05) is 31.3 Å². The van der Waals surface area contributed by atoms with Gasteiger partial charge >= 0.3 is 5.97 Å².